The number of hydrogen-bond acceptors (Lipinski definition) is 4. The fourth-order valence-corrected chi connectivity index (χ4v) is 4.47. The van der Waals surface area contributed by atoms with Gasteiger partial charge in [-0.1, -0.05) is 42.5 Å². The van der Waals surface area contributed by atoms with E-state index in [0.29, 0.717) is 25.3 Å². The van der Waals surface area contributed by atoms with Crippen molar-refractivity contribution < 1.29 is 17.9 Å². The summed E-state index contributed by atoms with van der Waals surface area (Å²) < 4.78 is 38.7. The van der Waals surface area contributed by atoms with Gasteiger partial charge in [0.05, 0.1) is 12.4 Å². The molecule has 2 aromatic carbocycles. The second-order valence-electron chi connectivity index (χ2n) is 7.79. The fourth-order valence-electron chi connectivity index (χ4n) is 3.37. The van der Waals surface area contributed by atoms with Crippen molar-refractivity contribution in [3.8, 4) is 11.5 Å². The minimum absolute atomic E-state index is 0.0553. The Bertz CT molecular complexity index is 879. The Morgan fingerprint density at radius 3 is 2.64 bits per heavy atom. The summed E-state index contributed by atoms with van der Waals surface area (Å²) in [7, 11) is -3.28. The lowest BCUT2D eigenvalue weighted by Gasteiger charge is -2.18. The molecule has 152 valence electrons. The van der Waals surface area contributed by atoms with Gasteiger partial charge in [0.25, 0.3) is 0 Å². The lowest BCUT2D eigenvalue weighted by Crippen LogP contribution is -2.28. The highest BCUT2D eigenvalue weighted by atomic mass is 32.2. The molecule has 6 heteroatoms. The van der Waals surface area contributed by atoms with E-state index < -0.39 is 10.0 Å². The molecule has 0 radical (unpaired) electrons. The van der Waals surface area contributed by atoms with Crippen LogP contribution in [0.1, 0.15) is 37.8 Å². The minimum Gasteiger partial charge on any atom is -0.490 e. The van der Waals surface area contributed by atoms with E-state index in [1.54, 1.807) is 0 Å². The van der Waals surface area contributed by atoms with Crippen LogP contribution in [0.4, 0.5) is 0 Å². The Hall–Kier alpha value is -2.05. The van der Waals surface area contributed by atoms with Gasteiger partial charge in [-0.15, -0.1) is 0 Å². The molecule has 28 heavy (non-hydrogen) atoms. The first-order valence-electron chi connectivity index (χ1n) is 9.80. The molecule has 1 aliphatic heterocycles. The molecule has 0 bridgehead atoms. The number of ether oxygens (including phenoxy) is 2. The van der Waals surface area contributed by atoms with Crippen LogP contribution in [-0.2, 0) is 22.9 Å². The molecule has 0 saturated carbocycles. The van der Waals surface area contributed by atoms with Crippen LogP contribution >= 0.6 is 0 Å². The maximum Gasteiger partial charge on any atom is 0.211 e. The lowest BCUT2D eigenvalue weighted by atomic mass is 10.0. The summed E-state index contributed by atoms with van der Waals surface area (Å²) in [6.07, 6.45) is 2.92. The molecule has 0 atom stereocenters. The predicted octanol–water partition coefficient (Wildman–Crippen LogP) is 3.72. The number of benzene rings is 2. The first-order chi connectivity index (χ1) is 13.3. The number of nitrogens with one attached hydrogen (secondary N) is 1. The van der Waals surface area contributed by atoms with Gasteiger partial charge < -0.3 is 9.47 Å². The van der Waals surface area contributed by atoms with Crippen molar-refractivity contribution in [3.05, 3.63) is 59.7 Å². The SMILES string of the molecule is CC1(C)Cc2cccc(OCCCS(=O)(=O)NCCCc3ccccc3)c2O1. The van der Waals surface area contributed by atoms with E-state index in [1.807, 2.05) is 50.2 Å². The van der Waals surface area contributed by atoms with Gasteiger partial charge in [-0.3, -0.25) is 0 Å². The summed E-state index contributed by atoms with van der Waals surface area (Å²) >= 11 is 0. The average molecular weight is 404 g/mol. The molecule has 1 aliphatic rings. The van der Waals surface area contributed by atoms with Crippen molar-refractivity contribution in [1.29, 1.82) is 0 Å². The van der Waals surface area contributed by atoms with Crippen molar-refractivity contribution >= 4 is 10.0 Å². The first-order valence-corrected chi connectivity index (χ1v) is 11.4. The van der Waals surface area contributed by atoms with Crippen LogP contribution < -0.4 is 14.2 Å². The molecule has 1 heterocycles. The molecule has 0 fully saturated rings. The highest BCUT2D eigenvalue weighted by Crippen LogP contribution is 2.41. The van der Waals surface area contributed by atoms with Crippen LogP contribution in [0.5, 0.6) is 11.5 Å². The monoisotopic (exact) mass is 403 g/mol. The van der Waals surface area contributed by atoms with Crippen LogP contribution in [0.25, 0.3) is 0 Å². The molecule has 3 rings (SSSR count). The molecule has 0 unspecified atom stereocenters. The zero-order chi connectivity index (χ0) is 20.0. The molecule has 0 amide bonds. The fraction of sp³-hybridized carbons (Fsp3) is 0.455. The van der Waals surface area contributed by atoms with E-state index in [4.69, 9.17) is 9.47 Å². The first kappa shape index (κ1) is 20.7. The van der Waals surface area contributed by atoms with Gasteiger partial charge in [0.2, 0.25) is 10.0 Å². The van der Waals surface area contributed by atoms with E-state index >= 15 is 0 Å². The Morgan fingerprint density at radius 2 is 1.86 bits per heavy atom. The number of sulfonamides is 1. The van der Waals surface area contributed by atoms with Gasteiger partial charge in [0, 0.05) is 18.5 Å². The van der Waals surface area contributed by atoms with Crippen LogP contribution in [0.2, 0.25) is 0 Å². The quantitative estimate of drug-likeness (QED) is 0.614. The molecular weight excluding hydrogens is 374 g/mol. The third kappa shape index (κ3) is 5.97. The highest BCUT2D eigenvalue weighted by Gasteiger charge is 2.32. The van der Waals surface area contributed by atoms with Gasteiger partial charge in [0.1, 0.15) is 5.60 Å². The number of rotatable bonds is 10. The third-order valence-corrected chi connectivity index (χ3v) is 6.15. The summed E-state index contributed by atoms with van der Waals surface area (Å²) in [5.74, 6) is 1.53. The summed E-state index contributed by atoms with van der Waals surface area (Å²) in [4.78, 5) is 0. The Kier molecular flexibility index (Phi) is 6.62. The maximum atomic E-state index is 12.1. The molecule has 0 spiro atoms. The number of aryl methyl sites for hydroxylation is 1. The molecular formula is C22H29NO4S. The predicted molar refractivity (Wildman–Crippen MR) is 112 cm³/mol. The zero-order valence-electron chi connectivity index (χ0n) is 16.6. The molecule has 0 saturated heterocycles. The van der Waals surface area contributed by atoms with Crippen LogP contribution in [0, 0.1) is 0 Å². The highest BCUT2D eigenvalue weighted by molar-refractivity contribution is 7.89. The normalized spacial score (nSPS) is 15.1. The van der Waals surface area contributed by atoms with Crippen molar-refractivity contribution in [1.82, 2.24) is 4.72 Å². The second-order valence-corrected chi connectivity index (χ2v) is 9.71. The Morgan fingerprint density at radius 1 is 1.07 bits per heavy atom. The zero-order valence-corrected chi connectivity index (χ0v) is 17.4. The number of hydrogen-bond donors (Lipinski definition) is 1. The van der Waals surface area contributed by atoms with Crippen molar-refractivity contribution in [3.63, 3.8) is 0 Å². The number of fused-ring (bicyclic) bond motifs is 1. The van der Waals surface area contributed by atoms with Crippen molar-refractivity contribution in [2.75, 3.05) is 18.9 Å². The van der Waals surface area contributed by atoms with Crippen LogP contribution in [-0.4, -0.2) is 32.9 Å². The smallest absolute Gasteiger partial charge is 0.211 e. The molecule has 5 nitrogen and oxygen atoms in total. The summed E-state index contributed by atoms with van der Waals surface area (Å²) in [5.41, 5.74) is 2.13. The van der Waals surface area contributed by atoms with E-state index in [2.05, 4.69) is 16.9 Å². The average Bonchev–Trinajstić information content (AvgIpc) is 2.98. The Labute approximate surface area is 168 Å². The van der Waals surface area contributed by atoms with Crippen molar-refractivity contribution in [2.45, 2.75) is 45.1 Å². The van der Waals surface area contributed by atoms with Gasteiger partial charge in [-0.25, -0.2) is 13.1 Å². The Balaban J connectivity index is 1.38. The van der Waals surface area contributed by atoms with E-state index in [9.17, 15) is 8.42 Å². The lowest BCUT2D eigenvalue weighted by molar-refractivity contribution is 0.132. The maximum absolute atomic E-state index is 12.1. The van der Waals surface area contributed by atoms with Crippen LogP contribution in [0.3, 0.4) is 0 Å². The number of para-hydroxylation sites is 1. The molecule has 0 aliphatic carbocycles. The molecule has 2 aromatic rings. The summed E-state index contributed by atoms with van der Waals surface area (Å²) in [6.45, 7) is 4.89. The largest absolute Gasteiger partial charge is 0.490 e. The van der Waals surface area contributed by atoms with Crippen molar-refractivity contribution in [2.24, 2.45) is 0 Å². The van der Waals surface area contributed by atoms with Gasteiger partial charge in [0.15, 0.2) is 11.5 Å². The molecule has 0 aromatic heterocycles. The van der Waals surface area contributed by atoms with E-state index in [0.717, 1.165) is 30.6 Å². The third-order valence-electron chi connectivity index (χ3n) is 4.68. The summed E-state index contributed by atoms with van der Waals surface area (Å²) in [6, 6.07) is 15.9. The van der Waals surface area contributed by atoms with Gasteiger partial charge in [-0.05, 0) is 44.7 Å². The van der Waals surface area contributed by atoms with Crippen LogP contribution in [0.15, 0.2) is 48.5 Å². The van der Waals surface area contributed by atoms with E-state index in [-0.39, 0.29) is 11.4 Å². The topological polar surface area (TPSA) is 64.6 Å². The van der Waals surface area contributed by atoms with Gasteiger partial charge >= 0.3 is 0 Å². The van der Waals surface area contributed by atoms with E-state index in [1.165, 1.54) is 5.56 Å². The summed E-state index contributed by atoms with van der Waals surface area (Å²) in [5, 5.41) is 0. The standard InChI is InChI=1S/C22H29NO4S/c1-22(2)17-19-12-6-13-20(21(19)27-22)26-15-8-16-28(24,25)23-14-7-11-18-9-4-3-5-10-18/h3-6,9-10,12-13,23H,7-8,11,14-17H2,1-2H3. The molecule has 1 N–H and O–H groups in total. The second kappa shape index (κ2) is 8.97. The van der Waals surface area contributed by atoms with Gasteiger partial charge in [-0.2, -0.15) is 0 Å². The minimum atomic E-state index is -3.28.